The molecule has 1 saturated carbocycles. The van der Waals surface area contributed by atoms with Crippen LogP contribution >= 0.6 is 0 Å². The SMILES string of the molecule is CN(C)C(=O)CN=C(NC1CCCCC1)NC1CC2CCCC(C1)N2C. The van der Waals surface area contributed by atoms with Crippen LogP contribution in [-0.2, 0) is 4.79 Å². The third-order valence-corrected chi connectivity index (χ3v) is 6.50. The topological polar surface area (TPSA) is 60.0 Å². The average molecular weight is 364 g/mol. The van der Waals surface area contributed by atoms with Crippen molar-refractivity contribution in [1.29, 1.82) is 0 Å². The number of guanidine groups is 1. The highest BCUT2D eigenvalue weighted by Crippen LogP contribution is 2.32. The van der Waals surface area contributed by atoms with Gasteiger partial charge < -0.3 is 20.4 Å². The van der Waals surface area contributed by atoms with E-state index in [2.05, 4.69) is 27.6 Å². The Morgan fingerprint density at radius 1 is 0.962 bits per heavy atom. The zero-order chi connectivity index (χ0) is 18.5. The summed E-state index contributed by atoms with van der Waals surface area (Å²) >= 11 is 0. The lowest BCUT2D eigenvalue weighted by molar-refractivity contribution is -0.127. The van der Waals surface area contributed by atoms with Gasteiger partial charge in [-0.2, -0.15) is 0 Å². The molecule has 0 aromatic carbocycles. The molecule has 3 aliphatic rings. The number of carbonyl (C=O) groups excluding carboxylic acids is 1. The number of rotatable bonds is 4. The molecule has 148 valence electrons. The molecular weight excluding hydrogens is 326 g/mol. The van der Waals surface area contributed by atoms with E-state index in [0.29, 0.717) is 24.2 Å². The molecule has 6 heteroatoms. The Kier molecular flexibility index (Phi) is 6.79. The highest BCUT2D eigenvalue weighted by Gasteiger charge is 2.36. The molecule has 1 aliphatic carbocycles. The third-order valence-electron chi connectivity index (χ3n) is 6.50. The van der Waals surface area contributed by atoms with Gasteiger partial charge in [0.15, 0.2) is 5.96 Å². The number of likely N-dealkylation sites (N-methyl/N-ethyl adjacent to an activating group) is 1. The van der Waals surface area contributed by atoms with E-state index in [0.717, 1.165) is 5.96 Å². The Balaban J connectivity index is 1.62. The van der Waals surface area contributed by atoms with Crippen molar-refractivity contribution in [2.75, 3.05) is 27.7 Å². The summed E-state index contributed by atoms with van der Waals surface area (Å²) in [6.07, 6.45) is 12.7. The molecule has 6 nitrogen and oxygen atoms in total. The summed E-state index contributed by atoms with van der Waals surface area (Å²) in [6.45, 7) is 0.217. The molecule has 2 atom stereocenters. The molecule has 0 radical (unpaired) electrons. The summed E-state index contributed by atoms with van der Waals surface area (Å²) in [5.74, 6) is 0.898. The molecule has 3 fully saturated rings. The van der Waals surface area contributed by atoms with Crippen LogP contribution < -0.4 is 10.6 Å². The summed E-state index contributed by atoms with van der Waals surface area (Å²) in [4.78, 5) is 20.8. The number of amides is 1. The highest BCUT2D eigenvalue weighted by atomic mass is 16.2. The largest absolute Gasteiger partial charge is 0.354 e. The summed E-state index contributed by atoms with van der Waals surface area (Å²) in [5.41, 5.74) is 0. The van der Waals surface area contributed by atoms with E-state index in [-0.39, 0.29) is 12.5 Å². The zero-order valence-corrected chi connectivity index (χ0v) is 16.8. The van der Waals surface area contributed by atoms with E-state index in [4.69, 9.17) is 0 Å². The van der Waals surface area contributed by atoms with Crippen molar-refractivity contribution in [3.05, 3.63) is 0 Å². The minimum absolute atomic E-state index is 0.0509. The van der Waals surface area contributed by atoms with Gasteiger partial charge in [0, 0.05) is 38.3 Å². The van der Waals surface area contributed by atoms with Gasteiger partial charge in [-0.15, -0.1) is 0 Å². The molecule has 0 aromatic heterocycles. The van der Waals surface area contributed by atoms with Crippen molar-refractivity contribution in [3.8, 4) is 0 Å². The van der Waals surface area contributed by atoms with E-state index in [9.17, 15) is 4.79 Å². The molecule has 2 aliphatic heterocycles. The summed E-state index contributed by atoms with van der Waals surface area (Å²) in [7, 11) is 5.87. The Morgan fingerprint density at radius 3 is 2.19 bits per heavy atom. The summed E-state index contributed by atoms with van der Waals surface area (Å²) < 4.78 is 0. The van der Waals surface area contributed by atoms with Crippen LogP contribution in [0, 0.1) is 0 Å². The van der Waals surface area contributed by atoms with Crippen LogP contribution in [0.1, 0.15) is 64.2 Å². The van der Waals surface area contributed by atoms with Crippen LogP contribution in [0.5, 0.6) is 0 Å². The van der Waals surface area contributed by atoms with Crippen molar-refractivity contribution >= 4 is 11.9 Å². The number of piperidine rings is 2. The Hall–Kier alpha value is -1.30. The third kappa shape index (κ3) is 5.12. The van der Waals surface area contributed by atoms with Crippen molar-refractivity contribution in [3.63, 3.8) is 0 Å². The van der Waals surface area contributed by atoms with Gasteiger partial charge >= 0.3 is 0 Å². The van der Waals surface area contributed by atoms with Crippen LogP contribution in [0.15, 0.2) is 4.99 Å². The van der Waals surface area contributed by atoms with Gasteiger partial charge in [0.05, 0.1) is 0 Å². The van der Waals surface area contributed by atoms with E-state index in [1.807, 2.05) is 0 Å². The molecule has 2 heterocycles. The zero-order valence-electron chi connectivity index (χ0n) is 16.8. The fourth-order valence-corrected chi connectivity index (χ4v) is 4.79. The van der Waals surface area contributed by atoms with Gasteiger partial charge in [-0.25, -0.2) is 4.99 Å². The highest BCUT2D eigenvalue weighted by molar-refractivity contribution is 5.85. The van der Waals surface area contributed by atoms with Crippen LogP contribution in [0.4, 0.5) is 0 Å². The van der Waals surface area contributed by atoms with Crippen molar-refractivity contribution in [2.24, 2.45) is 4.99 Å². The van der Waals surface area contributed by atoms with Crippen LogP contribution in [0.3, 0.4) is 0 Å². The van der Waals surface area contributed by atoms with E-state index < -0.39 is 0 Å². The molecule has 0 aromatic rings. The van der Waals surface area contributed by atoms with E-state index in [1.54, 1.807) is 19.0 Å². The van der Waals surface area contributed by atoms with Gasteiger partial charge in [0.2, 0.25) is 5.91 Å². The number of aliphatic imine (C=N–C) groups is 1. The Morgan fingerprint density at radius 2 is 1.58 bits per heavy atom. The number of nitrogens with zero attached hydrogens (tertiary/aromatic N) is 3. The van der Waals surface area contributed by atoms with Crippen molar-refractivity contribution < 1.29 is 4.79 Å². The monoisotopic (exact) mass is 363 g/mol. The Labute approximate surface area is 158 Å². The molecule has 2 unspecified atom stereocenters. The van der Waals surface area contributed by atoms with Crippen molar-refractivity contribution in [2.45, 2.75) is 88.4 Å². The second-order valence-electron chi connectivity index (χ2n) is 8.65. The van der Waals surface area contributed by atoms with Gasteiger partial charge in [-0.05, 0) is 45.6 Å². The molecule has 2 saturated heterocycles. The Bertz CT molecular complexity index is 486. The first-order valence-electron chi connectivity index (χ1n) is 10.5. The molecule has 0 spiro atoms. The quantitative estimate of drug-likeness (QED) is 0.592. The first-order chi connectivity index (χ1) is 12.5. The maximum absolute atomic E-state index is 12.0. The lowest BCUT2D eigenvalue weighted by Gasteiger charge is -2.47. The predicted octanol–water partition coefficient (Wildman–Crippen LogP) is 1.96. The van der Waals surface area contributed by atoms with E-state index >= 15 is 0 Å². The minimum atomic E-state index is 0.0509. The lowest BCUT2D eigenvalue weighted by atomic mass is 9.82. The molecular formula is C20H37N5O. The molecule has 2 N–H and O–H groups in total. The number of hydrogen-bond acceptors (Lipinski definition) is 3. The minimum Gasteiger partial charge on any atom is -0.354 e. The fourth-order valence-electron chi connectivity index (χ4n) is 4.79. The predicted molar refractivity (Wildman–Crippen MR) is 106 cm³/mol. The van der Waals surface area contributed by atoms with Gasteiger partial charge in [-0.1, -0.05) is 25.7 Å². The van der Waals surface area contributed by atoms with Gasteiger partial charge in [-0.3, -0.25) is 4.79 Å². The van der Waals surface area contributed by atoms with Crippen molar-refractivity contribution in [1.82, 2.24) is 20.4 Å². The number of fused-ring (bicyclic) bond motifs is 2. The second-order valence-corrected chi connectivity index (χ2v) is 8.65. The molecule has 1 amide bonds. The normalized spacial score (nSPS) is 30.7. The summed E-state index contributed by atoms with van der Waals surface area (Å²) in [6, 6.07) is 2.35. The van der Waals surface area contributed by atoms with Gasteiger partial charge in [0.1, 0.15) is 6.54 Å². The fraction of sp³-hybridized carbons (Fsp3) is 0.900. The number of carbonyl (C=O) groups is 1. The average Bonchev–Trinajstić information content (AvgIpc) is 2.61. The van der Waals surface area contributed by atoms with Crippen LogP contribution in [0.25, 0.3) is 0 Å². The molecule has 2 bridgehead atoms. The van der Waals surface area contributed by atoms with E-state index in [1.165, 1.54) is 64.2 Å². The maximum atomic E-state index is 12.0. The lowest BCUT2D eigenvalue weighted by Crippen LogP contribution is -2.57. The first kappa shape index (κ1) is 19.5. The number of nitrogens with one attached hydrogen (secondary N) is 2. The van der Waals surface area contributed by atoms with Crippen LogP contribution in [0.2, 0.25) is 0 Å². The first-order valence-corrected chi connectivity index (χ1v) is 10.5. The van der Waals surface area contributed by atoms with Gasteiger partial charge in [0.25, 0.3) is 0 Å². The molecule has 26 heavy (non-hydrogen) atoms. The van der Waals surface area contributed by atoms with Crippen LogP contribution in [-0.4, -0.2) is 73.5 Å². The maximum Gasteiger partial charge on any atom is 0.243 e. The standard InChI is InChI=1S/C20H37N5O/c1-24(2)19(26)14-21-20(22-15-8-5-4-6-9-15)23-16-12-17-10-7-11-18(13-16)25(17)3/h15-18H,4-14H2,1-3H3,(H2,21,22,23). The smallest absolute Gasteiger partial charge is 0.243 e. The number of hydrogen-bond donors (Lipinski definition) is 2. The summed E-state index contributed by atoms with van der Waals surface area (Å²) in [5, 5.41) is 7.32. The second kappa shape index (κ2) is 9.07. The molecule has 3 rings (SSSR count).